The number of rotatable bonds is 13. The fourth-order valence-electron chi connectivity index (χ4n) is 6.13. The van der Waals surface area contributed by atoms with Crippen LogP contribution in [0.3, 0.4) is 0 Å². The molecule has 50 heavy (non-hydrogen) atoms. The molecule has 16 nitrogen and oxygen atoms in total. The molecule has 5 atom stereocenters. The normalized spacial score (nSPS) is 20.6. The van der Waals surface area contributed by atoms with Crippen LogP contribution in [0.1, 0.15) is 61.7 Å². The molecule has 4 aromatic rings. The third-order valence-corrected chi connectivity index (χ3v) is 8.39. The van der Waals surface area contributed by atoms with E-state index in [0.29, 0.717) is 24.5 Å². The van der Waals surface area contributed by atoms with Gasteiger partial charge in [-0.05, 0) is 42.2 Å². The highest BCUT2D eigenvalue weighted by Crippen LogP contribution is 2.32. The van der Waals surface area contributed by atoms with Crippen LogP contribution in [0.4, 0.5) is 4.79 Å². The number of aliphatic hydroxyl groups is 1. The van der Waals surface area contributed by atoms with E-state index in [-0.39, 0.29) is 31.1 Å². The van der Waals surface area contributed by atoms with Gasteiger partial charge in [-0.2, -0.15) is 5.21 Å². The topological polar surface area (TPSA) is 199 Å². The summed E-state index contributed by atoms with van der Waals surface area (Å²) in [7, 11) is 0. The number of benzene rings is 2. The maximum Gasteiger partial charge on any atom is 0.511 e. The van der Waals surface area contributed by atoms with Gasteiger partial charge in [0.15, 0.2) is 17.9 Å². The Labute approximate surface area is 287 Å². The lowest BCUT2D eigenvalue weighted by Gasteiger charge is -2.21. The summed E-state index contributed by atoms with van der Waals surface area (Å²) < 4.78 is 34.1. The van der Waals surface area contributed by atoms with E-state index in [9.17, 15) is 19.5 Å². The van der Waals surface area contributed by atoms with Crippen molar-refractivity contribution in [3.63, 3.8) is 0 Å². The number of nitrogens with zero attached hydrogens (tertiary/aromatic N) is 5. The molecule has 264 valence electrons. The number of fused-ring (bicyclic) bond motifs is 1. The van der Waals surface area contributed by atoms with Gasteiger partial charge in [-0.1, -0.05) is 55.5 Å². The molecule has 2 N–H and O–H groups in total. The molecule has 0 aliphatic carbocycles. The van der Waals surface area contributed by atoms with Gasteiger partial charge in [0, 0.05) is 25.5 Å². The number of imidazole rings is 1. The minimum absolute atomic E-state index is 0.0119. The van der Waals surface area contributed by atoms with Crippen molar-refractivity contribution in [2.75, 3.05) is 13.2 Å². The van der Waals surface area contributed by atoms with Crippen LogP contribution in [0, 0.1) is 0 Å². The van der Waals surface area contributed by atoms with E-state index < -0.39 is 48.4 Å². The maximum absolute atomic E-state index is 13.8. The van der Waals surface area contributed by atoms with E-state index in [1.54, 1.807) is 4.57 Å². The summed E-state index contributed by atoms with van der Waals surface area (Å²) in [6, 6.07) is 15.5. The van der Waals surface area contributed by atoms with Gasteiger partial charge < -0.3 is 38.1 Å². The van der Waals surface area contributed by atoms with E-state index in [0.717, 1.165) is 28.7 Å². The van der Waals surface area contributed by atoms with Gasteiger partial charge in [0.05, 0.1) is 13.2 Å². The van der Waals surface area contributed by atoms with Crippen molar-refractivity contribution in [1.82, 2.24) is 30.2 Å². The number of hydrogen-bond donors (Lipinski definition) is 2. The van der Waals surface area contributed by atoms with Crippen molar-refractivity contribution in [3.05, 3.63) is 71.3 Å². The average Bonchev–Trinajstić information content (AvgIpc) is 3.89. The van der Waals surface area contributed by atoms with Gasteiger partial charge in [0.1, 0.15) is 29.3 Å². The number of carbonyl (C=O) groups is 3. The molecule has 0 spiro atoms. The smallest absolute Gasteiger partial charge is 0.459 e. The number of carbonyl (C=O) groups excluding carboxylic acids is 3. The molecule has 1 unspecified atom stereocenters. The van der Waals surface area contributed by atoms with Crippen LogP contribution in [0.25, 0.3) is 22.5 Å². The first-order chi connectivity index (χ1) is 24.1. The van der Waals surface area contributed by atoms with Crippen molar-refractivity contribution < 1.29 is 47.9 Å². The minimum Gasteiger partial charge on any atom is -0.459 e. The van der Waals surface area contributed by atoms with E-state index in [2.05, 4.69) is 25.6 Å². The number of hydrogen-bond acceptors (Lipinski definition) is 14. The summed E-state index contributed by atoms with van der Waals surface area (Å²) >= 11 is 0. The van der Waals surface area contributed by atoms with Gasteiger partial charge in [0.2, 0.25) is 12.1 Å². The molecule has 2 fully saturated rings. The monoisotopic (exact) mass is 690 g/mol. The third-order valence-electron chi connectivity index (χ3n) is 8.39. The van der Waals surface area contributed by atoms with Crippen molar-refractivity contribution >= 4 is 18.6 Å². The van der Waals surface area contributed by atoms with E-state index in [1.807, 2.05) is 55.5 Å². The molecule has 0 amide bonds. The second-order valence-electron chi connectivity index (χ2n) is 12.5. The molecule has 0 saturated carbocycles. The van der Waals surface area contributed by atoms with Crippen LogP contribution in [-0.4, -0.2) is 97.8 Å². The Bertz CT molecular complexity index is 1800. The SMILES string of the molecule is CCCc1nc(C(C)(C)O)c(C(=O)OC(C)OC(=O)O[C@@H]2CO[C@H]3[C@@H]2OC[C@H]3OC=O)n1Cc1ccc(-c2ccccc2-c2nn[nH]n2)cc1. The Morgan fingerprint density at radius 1 is 1.06 bits per heavy atom. The zero-order valence-corrected chi connectivity index (χ0v) is 28.0. The number of nitrogens with one attached hydrogen (secondary N) is 1. The van der Waals surface area contributed by atoms with Crippen LogP contribution >= 0.6 is 0 Å². The fourth-order valence-corrected chi connectivity index (χ4v) is 6.13. The number of esters is 1. The molecular formula is C34H38N6O10. The molecular weight excluding hydrogens is 652 g/mol. The number of aromatic nitrogens is 6. The fraction of sp³-hybridized carbons (Fsp3) is 0.441. The highest BCUT2D eigenvalue weighted by Gasteiger charge is 2.51. The van der Waals surface area contributed by atoms with E-state index in [1.165, 1.54) is 20.8 Å². The summed E-state index contributed by atoms with van der Waals surface area (Å²) in [6.07, 6.45) is -3.85. The van der Waals surface area contributed by atoms with Crippen molar-refractivity contribution in [2.24, 2.45) is 0 Å². The quantitative estimate of drug-likeness (QED) is 0.0896. The first-order valence-electron chi connectivity index (χ1n) is 16.2. The molecule has 2 aromatic carbocycles. The van der Waals surface area contributed by atoms with E-state index in [4.69, 9.17) is 28.4 Å². The van der Waals surface area contributed by atoms with Crippen LogP contribution in [0.15, 0.2) is 48.5 Å². The molecule has 2 aromatic heterocycles. The predicted molar refractivity (Wildman–Crippen MR) is 172 cm³/mol. The molecule has 0 radical (unpaired) electrons. The summed E-state index contributed by atoms with van der Waals surface area (Å²) in [6.45, 7) is 7.10. The van der Waals surface area contributed by atoms with Crippen LogP contribution < -0.4 is 0 Å². The Kier molecular flexibility index (Phi) is 10.2. The highest BCUT2D eigenvalue weighted by atomic mass is 16.8. The average molecular weight is 691 g/mol. The van der Waals surface area contributed by atoms with Gasteiger partial charge in [-0.25, -0.2) is 14.6 Å². The summed E-state index contributed by atoms with van der Waals surface area (Å²) in [5, 5.41) is 25.5. The molecule has 2 aliphatic rings. The minimum atomic E-state index is -1.50. The molecule has 0 bridgehead atoms. The van der Waals surface area contributed by atoms with E-state index >= 15 is 0 Å². The number of H-pyrrole nitrogens is 1. The second-order valence-corrected chi connectivity index (χ2v) is 12.5. The summed E-state index contributed by atoms with van der Waals surface area (Å²) in [5.74, 6) is 0.213. The lowest BCUT2D eigenvalue weighted by Crippen LogP contribution is -2.36. The van der Waals surface area contributed by atoms with Crippen molar-refractivity contribution in [1.29, 1.82) is 0 Å². The van der Waals surface area contributed by atoms with Gasteiger partial charge in [-0.15, -0.1) is 10.2 Å². The molecule has 4 heterocycles. The Morgan fingerprint density at radius 3 is 2.42 bits per heavy atom. The van der Waals surface area contributed by atoms with Crippen molar-refractivity contribution in [3.8, 4) is 22.5 Å². The number of aryl methyl sites for hydroxylation is 1. The zero-order valence-electron chi connectivity index (χ0n) is 28.0. The van der Waals surface area contributed by atoms with Gasteiger partial charge in [0.25, 0.3) is 6.47 Å². The van der Waals surface area contributed by atoms with Crippen LogP contribution in [0.5, 0.6) is 0 Å². The molecule has 2 aliphatic heterocycles. The Balaban J connectivity index is 1.18. The molecule has 16 heteroatoms. The van der Waals surface area contributed by atoms with Crippen molar-refractivity contribution in [2.45, 2.75) is 83.4 Å². The Morgan fingerprint density at radius 2 is 1.76 bits per heavy atom. The van der Waals surface area contributed by atoms with Crippen LogP contribution in [0.2, 0.25) is 0 Å². The third kappa shape index (κ3) is 7.36. The summed E-state index contributed by atoms with van der Waals surface area (Å²) in [5.41, 5.74) is 2.19. The maximum atomic E-state index is 13.8. The number of aromatic amines is 1. The van der Waals surface area contributed by atoms with Crippen LogP contribution in [-0.2, 0) is 51.8 Å². The number of ether oxygens (including phenoxy) is 6. The molecule has 2 saturated heterocycles. The standard InChI is InChI=1S/C34H38N6O10/c1-5-8-26-35-30(34(3,4)44)27(32(42)48-19(2)49-33(43)50-25-17-46-28-24(47-18-41)16-45-29(25)28)40(26)15-20-11-13-21(14-12-20)22-9-6-7-10-23(22)31-36-38-39-37-31/h6-7,9-14,18-19,24-25,28-29,44H,5,8,15-17H2,1-4H3,(H,36,37,38,39)/t19?,24-,25-,28-,29-/m1/s1. The lowest BCUT2D eigenvalue weighted by molar-refractivity contribution is -0.138. The predicted octanol–water partition coefficient (Wildman–Crippen LogP) is 3.32. The lowest BCUT2D eigenvalue weighted by atomic mass is 9.98. The Hall–Kier alpha value is -5.19. The number of tetrazole rings is 1. The van der Waals surface area contributed by atoms with Gasteiger partial charge in [-0.3, -0.25) is 4.79 Å². The largest absolute Gasteiger partial charge is 0.511 e. The summed E-state index contributed by atoms with van der Waals surface area (Å²) in [4.78, 5) is 41.9. The molecule has 6 rings (SSSR count). The first kappa shape index (κ1) is 34.7. The van der Waals surface area contributed by atoms with Gasteiger partial charge >= 0.3 is 12.1 Å². The second kappa shape index (κ2) is 14.7. The first-order valence-corrected chi connectivity index (χ1v) is 16.2. The zero-order chi connectivity index (χ0) is 35.4. The highest BCUT2D eigenvalue weighted by molar-refractivity contribution is 5.89.